The second-order valence-electron chi connectivity index (χ2n) is 5.88. The number of carboxylic acids is 1. The number of nitrogens with zero attached hydrogens (tertiary/aromatic N) is 2. The standard InChI is InChI=1S/C16H23FN2O2/c1-12-9-13(3-4-15(12)17)10-14(11-16(20)21)19-7-5-18(2)6-8-19/h3-4,9,14H,5-8,10-11H2,1-2H3,(H,20,21). The van der Waals surface area contributed by atoms with Gasteiger partial charge < -0.3 is 10.0 Å². The molecule has 1 saturated heterocycles. The molecule has 4 nitrogen and oxygen atoms in total. The van der Waals surface area contributed by atoms with Crippen molar-refractivity contribution in [3.8, 4) is 0 Å². The highest BCUT2D eigenvalue weighted by atomic mass is 19.1. The van der Waals surface area contributed by atoms with Gasteiger partial charge in [0, 0.05) is 32.2 Å². The summed E-state index contributed by atoms with van der Waals surface area (Å²) in [6.07, 6.45) is 0.775. The van der Waals surface area contributed by atoms with Gasteiger partial charge in [0.2, 0.25) is 0 Å². The summed E-state index contributed by atoms with van der Waals surface area (Å²) in [4.78, 5) is 15.6. The van der Waals surface area contributed by atoms with E-state index in [-0.39, 0.29) is 18.3 Å². The minimum Gasteiger partial charge on any atom is -0.481 e. The third-order valence-electron chi connectivity index (χ3n) is 4.16. The smallest absolute Gasteiger partial charge is 0.304 e. The molecular formula is C16H23FN2O2. The van der Waals surface area contributed by atoms with Crippen molar-refractivity contribution in [3.05, 3.63) is 35.1 Å². The lowest BCUT2D eigenvalue weighted by Crippen LogP contribution is -2.50. The van der Waals surface area contributed by atoms with Crippen LogP contribution in [0.3, 0.4) is 0 Å². The van der Waals surface area contributed by atoms with Crippen LogP contribution in [0.5, 0.6) is 0 Å². The van der Waals surface area contributed by atoms with E-state index in [4.69, 9.17) is 5.11 Å². The Bertz CT molecular complexity index is 499. The van der Waals surface area contributed by atoms with E-state index in [1.165, 1.54) is 6.07 Å². The molecule has 0 aliphatic carbocycles. The monoisotopic (exact) mass is 294 g/mol. The molecule has 2 rings (SSSR count). The van der Waals surface area contributed by atoms with Crippen LogP contribution in [0.4, 0.5) is 4.39 Å². The van der Waals surface area contributed by atoms with Crippen LogP contribution >= 0.6 is 0 Å². The number of carbonyl (C=O) groups is 1. The fraction of sp³-hybridized carbons (Fsp3) is 0.562. The second kappa shape index (κ2) is 7.00. The van der Waals surface area contributed by atoms with Crippen LogP contribution in [-0.4, -0.2) is 60.1 Å². The molecule has 1 fully saturated rings. The first-order valence-corrected chi connectivity index (χ1v) is 7.35. The van der Waals surface area contributed by atoms with Gasteiger partial charge in [0.15, 0.2) is 0 Å². The Morgan fingerprint density at radius 1 is 1.33 bits per heavy atom. The fourth-order valence-electron chi connectivity index (χ4n) is 2.82. The molecule has 0 saturated carbocycles. The third-order valence-corrected chi connectivity index (χ3v) is 4.16. The van der Waals surface area contributed by atoms with E-state index in [9.17, 15) is 9.18 Å². The summed E-state index contributed by atoms with van der Waals surface area (Å²) in [5, 5.41) is 9.15. The number of hydrogen-bond donors (Lipinski definition) is 1. The Hall–Kier alpha value is -1.46. The SMILES string of the molecule is Cc1cc(CC(CC(=O)O)N2CCN(C)CC2)ccc1F. The predicted octanol–water partition coefficient (Wildman–Crippen LogP) is 1.77. The lowest BCUT2D eigenvalue weighted by Gasteiger charge is -2.37. The van der Waals surface area contributed by atoms with Crippen molar-refractivity contribution in [2.24, 2.45) is 0 Å². The molecule has 1 aromatic rings. The average molecular weight is 294 g/mol. The van der Waals surface area contributed by atoms with Gasteiger partial charge in [0.25, 0.3) is 0 Å². The van der Waals surface area contributed by atoms with Gasteiger partial charge in [-0.25, -0.2) is 4.39 Å². The summed E-state index contributed by atoms with van der Waals surface area (Å²) in [6.45, 7) is 5.42. The molecule has 1 aromatic carbocycles. The summed E-state index contributed by atoms with van der Waals surface area (Å²) in [6, 6.07) is 5.01. The molecule has 1 unspecified atom stereocenters. The van der Waals surface area contributed by atoms with E-state index >= 15 is 0 Å². The third kappa shape index (κ3) is 4.51. The van der Waals surface area contributed by atoms with Crippen LogP contribution in [0, 0.1) is 12.7 Å². The van der Waals surface area contributed by atoms with E-state index in [2.05, 4.69) is 16.8 Å². The van der Waals surface area contributed by atoms with Crippen molar-refractivity contribution < 1.29 is 14.3 Å². The van der Waals surface area contributed by atoms with E-state index < -0.39 is 5.97 Å². The number of hydrogen-bond acceptors (Lipinski definition) is 3. The number of halogens is 1. The first-order valence-electron chi connectivity index (χ1n) is 7.35. The van der Waals surface area contributed by atoms with Gasteiger partial charge in [-0.1, -0.05) is 12.1 Å². The van der Waals surface area contributed by atoms with Crippen LogP contribution in [0.2, 0.25) is 0 Å². The van der Waals surface area contributed by atoms with Gasteiger partial charge in [-0.2, -0.15) is 0 Å². The predicted molar refractivity (Wildman–Crippen MR) is 80.0 cm³/mol. The molecule has 0 radical (unpaired) electrons. The molecule has 0 bridgehead atoms. The molecule has 0 aromatic heterocycles. The summed E-state index contributed by atoms with van der Waals surface area (Å²) >= 11 is 0. The Balaban J connectivity index is 2.08. The summed E-state index contributed by atoms with van der Waals surface area (Å²) < 4.78 is 13.3. The molecular weight excluding hydrogens is 271 g/mol. The molecule has 1 aliphatic heterocycles. The second-order valence-corrected chi connectivity index (χ2v) is 5.88. The van der Waals surface area contributed by atoms with Crippen LogP contribution < -0.4 is 0 Å². The van der Waals surface area contributed by atoms with Crippen molar-refractivity contribution in [2.45, 2.75) is 25.8 Å². The van der Waals surface area contributed by atoms with Gasteiger partial charge in [0.1, 0.15) is 5.82 Å². The normalized spacial score (nSPS) is 18.6. The van der Waals surface area contributed by atoms with E-state index in [1.54, 1.807) is 13.0 Å². The van der Waals surface area contributed by atoms with Gasteiger partial charge in [0.05, 0.1) is 6.42 Å². The van der Waals surface area contributed by atoms with Gasteiger partial charge in [-0.05, 0) is 37.6 Å². The van der Waals surface area contributed by atoms with Crippen molar-refractivity contribution in [1.29, 1.82) is 0 Å². The highest BCUT2D eigenvalue weighted by Gasteiger charge is 2.24. The number of aliphatic carboxylic acids is 1. The van der Waals surface area contributed by atoms with E-state index in [0.29, 0.717) is 12.0 Å². The first-order chi connectivity index (χ1) is 9.95. The molecule has 1 N–H and O–H groups in total. The fourth-order valence-corrected chi connectivity index (χ4v) is 2.82. The highest BCUT2D eigenvalue weighted by molar-refractivity contribution is 5.67. The number of rotatable bonds is 5. The maximum Gasteiger partial charge on any atom is 0.304 e. The van der Waals surface area contributed by atoms with Crippen molar-refractivity contribution in [3.63, 3.8) is 0 Å². The summed E-state index contributed by atoms with van der Waals surface area (Å²) in [7, 11) is 2.08. The molecule has 0 spiro atoms. The average Bonchev–Trinajstić information content (AvgIpc) is 2.42. The maximum atomic E-state index is 13.3. The van der Waals surface area contributed by atoms with Crippen LogP contribution in [0.15, 0.2) is 18.2 Å². The van der Waals surface area contributed by atoms with E-state index in [1.807, 2.05) is 6.07 Å². The molecule has 1 atom stereocenters. The van der Waals surface area contributed by atoms with E-state index in [0.717, 1.165) is 31.7 Å². The number of benzene rings is 1. The zero-order chi connectivity index (χ0) is 15.4. The quantitative estimate of drug-likeness (QED) is 0.899. The maximum absolute atomic E-state index is 13.3. The highest BCUT2D eigenvalue weighted by Crippen LogP contribution is 2.17. The largest absolute Gasteiger partial charge is 0.481 e. The lowest BCUT2D eigenvalue weighted by atomic mass is 9.99. The molecule has 0 amide bonds. The minimum atomic E-state index is -0.780. The molecule has 21 heavy (non-hydrogen) atoms. The van der Waals surface area contributed by atoms with Crippen molar-refractivity contribution >= 4 is 5.97 Å². The molecule has 1 aliphatic rings. The number of carboxylic acid groups (broad SMARTS) is 1. The zero-order valence-electron chi connectivity index (χ0n) is 12.7. The van der Waals surface area contributed by atoms with Crippen LogP contribution in [0.1, 0.15) is 17.5 Å². The van der Waals surface area contributed by atoms with Gasteiger partial charge >= 0.3 is 5.97 Å². The van der Waals surface area contributed by atoms with Gasteiger partial charge in [-0.3, -0.25) is 9.69 Å². The lowest BCUT2D eigenvalue weighted by molar-refractivity contribution is -0.138. The topological polar surface area (TPSA) is 43.8 Å². The Morgan fingerprint density at radius 3 is 2.57 bits per heavy atom. The molecule has 1 heterocycles. The zero-order valence-corrected chi connectivity index (χ0v) is 12.7. The first kappa shape index (κ1) is 15.9. The minimum absolute atomic E-state index is 0.0268. The number of likely N-dealkylation sites (N-methyl/N-ethyl adjacent to an activating group) is 1. The number of piperazine rings is 1. The Morgan fingerprint density at radius 2 is 2.00 bits per heavy atom. The summed E-state index contributed by atoms with van der Waals surface area (Å²) in [5.74, 6) is -0.995. The molecule has 116 valence electrons. The van der Waals surface area contributed by atoms with Crippen molar-refractivity contribution in [1.82, 2.24) is 9.80 Å². The van der Waals surface area contributed by atoms with Crippen molar-refractivity contribution in [2.75, 3.05) is 33.2 Å². The Labute approximate surface area is 125 Å². The van der Waals surface area contributed by atoms with Crippen LogP contribution in [0.25, 0.3) is 0 Å². The number of aryl methyl sites for hydroxylation is 1. The van der Waals surface area contributed by atoms with Gasteiger partial charge in [-0.15, -0.1) is 0 Å². The van der Waals surface area contributed by atoms with Crippen LogP contribution in [-0.2, 0) is 11.2 Å². The molecule has 5 heteroatoms. The summed E-state index contributed by atoms with van der Waals surface area (Å²) in [5.41, 5.74) is 1.61. The Kier molecular flexibility index (Phi) is 5.31.